The molecule has 0 amide bonds. The van der Waals surface area contributed by atoms with Crippen LogP contribution >= 0.6 is 12.4 Å². The predicted molar refractivity (Wildman–Crippen MR) is 40.7 cm³/mol. The molecule has 0 aromatic heterocycles. The molecule has 5 heteroatoms. The van der Waals surface area contributed by atoms with Gasteiger partial charge in [-0.3, -0.25) is 4.99 Å². The predicted octanol–water partition coefficient (Wildman–Crippen LogP) is 0.888. The molecule has 11 heavy (non-hydrogen) atoms. The number of nitrogens with zero attached hydrogens (tertiary/aromatic N) is 1. The zero-order chi connectivity index (χ0) is 7.61. The van der Waals surface area contributed by atoms with Gasteiger partial charge in [0.05, 0.1) is 13.3 Å². The molecule has 0 aromatic carbocycles. The molecule has 0 bridgehead atoms. The molecule has 0 fully saturated rings. The molecular weight excluding hydrogens is 173 g/mol. The Kier molecular flexibility index (Phi) is 3.19. The van der Waals surface area contributed by atoms with Crippen molar-refractivity contribution in [2.45, 2.75) is 5.67 Å². The molecule has 1 aliphatic heterocycles. The number of halogens is 2. The van der Waals surface area contributed by atoms with Gasteiger partial charge in [-0.05, 0) is 6.08 Å². The number of hydrogen-bond donors (Lipinski definition) is 0. The van der Waals surface area contributed by atoms with Crippen LogP contribution in [0.2, 0.25) is 0 Å². The summed E-state index contributed by atoms with van der Waals surface area (Å²) in [5.41, 5.74) is -2.13. The SMILES string of the molecule is COC(=O)C1(F)C=CN=C1.Cl. The quantitative estimate of drug-likeness (QED) is 0.561. The van der Waals surface area contributed by atoms with Gasteiger partial charge in [0.15, 0.2) is 0 Å². The van der Waals surface area contributed by atoms with Crippen molar-refractivity contribution in [3.8, 4) is 0 Å². The average Bonchev–Trinajstić information content (AvgIpc) is 2.36. The van der Waals surface area contributed by atoms with Gasteiger partial charge in [-0.25, -0.2) is 9.18 Å². The number of esters is 1. The summed E-state index contributed by atoms with van der Waals surface area (Å²) in [7, 11) is 1.13. The fourth-order valence-corrected chi connectivity index (χ4v) is 0.623. The highest BCUT2D eigenvalue weighted by Crippen LogP contribution is 2.16. The second kappa shape index (κ2) is 3.48. The van der Waals surface area contributed by atoms with Gasteiger partial charge in [0.2, 0.25) is 0 Å². The summed E-state index contributed by atoms with van der Waals surface area (Å²) in [5.74, 6) is -0.940. The van der Waals surface area contributed by atoms with Crippen molar-refractivity contribution in [2.24, 2.45) is 4.99 Å². The molecule has 1 rings (SSSR count). The van der Waals surface area contributed by atoms with Gasteiger partial charge < -0.3 is 4.74 Å². The Bertz CT molecular complexity index is 203. The molecule has 0 saturated carbocycles. The zero-order valence-electron chi connectivity index (χ0n) is 5.78. The fourth-order valence-electron chi connectivity index (χ4n) is 0.623. The number of rotatable bonds is 1. The smallest absolute Gasteiger partial charge is 0.353 e. The lowest BCUT2D eigenvalue weighted by Gasteiger charge is -2.08. The van der Waals surface area contributed by atoms with Crippen LogP contribution in [0.15, 0.2) is 17.3 Å². The Balaban J connectivity index is 0.000001000. The Morgan fingerprint density at radius 3 is 2.73 bits per heavy atom. The number of ether oxygens (including phenoxy) is 1. The molecule has 0 aliphatic carbocycles. The van der Waals surface area contributed by atoms with Gasteiger partial charge in [-0.2, -0.15) is 0 Å². The summed E-state index contributed by atoms with van der Waals surface area (Å²) >= 11 is 0. The topological polar surface area (TPSA) is 38.7 Å². The van der Waals surface area contributed by atoms with Crippen LogP contribution in [0.1, 0.15) is 0 Å². The third kappa shape index (κ3) is 1.77. The largest absolute Gasteiger partial charge is 0.466 e. The molecule has 1 aliphatic rings. The van der Waals surface area contributed by atoms with Crippen LogP contribution in [-0.2, 0) is 9.53 Å². The highest BCUT2D eigenvalue weighted by molar-refractivity contribution is 6.02. The Morgan fingerprint density at radius 2 is 2.36 bits per heavy atom. The van der Waals surface area contributed by atoms with E-state index in [1.807, 2.05) is 0 Å². The van der Waals surface area contributed by atoms with E-state index in [1.54, 1.807) is 0 Å². The molecular formula is C6H7ClFNO2. The van der Waals surface area contributed by atoms with Crippen LogP contribution in [0.25, 0.3) is 0 Å². The maximum atomic E-state index is 13.0. The van der Waals surface area contributed by atoms with Gasteiger partial charge >= 0.3 is 5.97 Å². The number of methoxy groups -OCH3 is 1. The van der Waals surface area contributed by atoms with Gasteiger partial charge in [-0.1, -0.05) is 0 Å². The molecule has 62 valence electrons. The molecule has 3 nitrogen and oxygen atoms in total. The minimum atomic E-state index is -2.13. The zero-order valence-corrected chi connectivity index (χ0v) is 6.60. The van der Waals surface area contributed by atoms with Crippen LogP contribution < -0.4 is 0 Å². The van der Waals surface area contributed by atoms with Gasteiger partial charge in [0, 0.05) is 6.20 Å². The van der Waals surface area contributed by atoms with Crippen LogP contribution in [0.3, 0.4) is 0 Å². The van der Waals surface area contributed by atoms with Gasteiger partial charge in [-0.15, -0.1) is 12.4 Å². The summed E-state index contributed by atoms with van der Waals surface area (Å²) in [6.45, 7) is 0. The van der Waals surface area contributed by atoms with E-state index >= 15 is 0 Å². The Morgan fingerprint density at radius 1 is 1.73 bits per heavy atom. The van der Waals surface area contributed by atoms with E-state index in [9.17, 15) is 9.18 Å². The van der Waals surface area contributed by atoms with Gasteiger partial charge in [0.25, 0.3) is 5.67 Å². The third-order valence-corrected chi connectivity index (χ3v) is 1.16. The molecule has 0 spiro atoms. The number of aliphatic imine (C=N–C) groups is 1. The number of alkyl halides is 1. The number of carbonyl (C=O) groups is 1. The minimum absolute atomic E-state index is 0. The van der Waals surface area contributed by atoms with E-state index in [2.05, 4.69) is 9.73 Å². The first-order valence-corrected chi connectivity index (χ1v) is 2.68. The first-order chi connectivity index (χ1) is 4.69. The van der Waals surface area contributed by atoms with E-state index in [1.165, 1.54) is 6.20 Å². The second-order valence-electron chi connectivity index (χ2n) is 1.85. The van der Waals surface area contributed by atoms with E-state index in [-0.39, 0.29) is 12.4 Å². The third-order valence-electron chi connectivity index (χ3n) is 1.16. The van der Waals surface area contributed by atoms with E-state index in [0.29, 0.717) is 0 Å². The monoisotopic (exact) mass is 179 g/mol. The summed E-state index contributed by atoms with van der Waals surface area (Å²) in [4.78, 5) is 14.0. The van der Waals surface area contributed by atoms with Gasteiger partial charge in [0.1, 0.15) is 0 Å². The normalized spacial score (nSPS) is 26.4. The molecule has 0 radical (unpaired) electrons. The highest BCUT2D eigenvalue weighted by Gasteiger charge is 2.37. The molecule has 0 aromatic rings. The lowest BCUT2D eigenvalue weighted by Crippen LogP contribution is -2.32. The summed E-state index contributed by atoms with van der Waals surface area (Å²) < 4.78 is 17.2. The van der Waals surface area contributed by atoms with Crippen LogP contribution in [0, 0.1) is 0 Å². The minimum Gasteiger partial charge on any atom is -0.466 e. The summed E-state index contributed by atoms with van der Waals surface area (Å²) in [6.07, 6.45) is 3.16. The van der Waals surface area contributed by atoms with E-state index < -0.39 is 11.6 Å². The first kappa shape index (κ1) is 10.1. The van der Waals surface area contributed by atoms with Crippen LogP contribution in [0.4, 0.5) is 4.39 Å². The Hall–Kier alpha value is -0.900. The van der Waals surface area contributed by atoms with E-state index in [4.69, 9.17) is 0 Å². The number of carbonyl (C=O) groups excluding carboxylic acids is 1. The van der Waals surface area contributed by atoms with Crippen molar-refractivity contribution >= 4 is 24.6 Å². The van der Waals surface area contributed by atoms with Crippen molar-refractivity contribution in [1.29, 1.82) is 0 Å². The van der Waals surface area contributed by atoms with Crippen LogP contribution in [0.5, 0.6) is 0 Å². The van der Waals surface area contributed by atoms with Crippen molar-refractivity contribution in [2.75, 3.05) is 7.11 Å². The molecule has 1 unspecified atom stereocenters. The lowest BCUT2D eigenvalue weighted by molar-refractivity contribution is -0.147. The van der Waals surface area contributed by atoms with Crippen LogP contribution in [-0.4, -0.2) is 25.0 Å². The molecule has 1 heterocycles. The average molecular weight is 180 g/mol. The summed E-state index contributed by atoms with van der Waals surface area (Å²) in [6, 6.07) is 0. The molecule has 0 saturated heterocycles. The Labute approximate surface area is 69.4 Å². The highest BCUT2D eigenvalue weighted by atomic mass is 35.5. The van der Waals surface area contributed by atoms with Crippen molar-refractivity contribution in [3.63, 3.8) is 0 Å². The van der Waals surface area contributed by atoms with Crippen molar-refractivity contribution in [1.82, 2.24) is 0 Å². The first-order valence-electron chi connectivity index (χ1n) is 2.68. The molecule has 1 atom stereocenters. The standard InChI is InChI=1S/C6H6FNO2.ClH/c1-10-5(9)6(7)2-3-8-4-6;/h2-4H,1H3;1H. The summed E-state index contributed by atoms with van der Waals surface area (Å²) in [5, 5.41) is 0. The molecule has 0 N–H and O–H groups in total. The second-order valence-corrected chi connectivity index (χ2v) is 1.85. The maximum Gasteiger partial charge on any atom is 0.353 e. The maximum absolute atomic E-state index is 13.0. The van der Waals surface area contributed by atoms with Crippen molar-refractivity contribution in [3.05, 3.63) is 12.3 Å². The number of hydrogen-bond acceptors (Lipinski definition) is 3. The van der Waals surface area contributed by atoms with Crippen molar-refractivity contribution < 1.29 is 13.9 Å². The van der Waals surface area contributed by atoms with E-state index in [0.717, 1.165) is 19.4 Å². The lowest BCUT2D eigenvalue weighted by atomic mass is 10.1. The fraction of sp³-hybridized carbons (Fsp3) is 0.333.